The molecular formula is C16H16O3. The summed E-state index contributed by atoms with van der Waals surface area (Å²) in [5, 5.41) is 1.94. The third-order valence-corrected chi connectivity index (χ3v) is 2.85. The molecule has 98 valence electrons. The van der Waals surface area contributed by atoms with Crippen LogP contribution in [0.1, 0.15) is 16.8 Å². The van der Waals surface area contributed by atoms with E-state index in [1.165, 1.54) is 7.11 Å². The van der Waals surface area contributed by atoms with Gasteiger partial charge in [-0.05, 0) is 17.9 Å². The average Bonchev–Trinajstić information content (AvgIpc) is 2.46. The second-order valence-corrected chi connectivity index (χ2v) is 4.08. The average molecular weight is 256 g/mol. The van der Waals surface area contributed by atoms with Gasteiger partial charge in [0.2, 0.25) is 0 Å². The summed E-state index contributed by atoms with van der Waals surface area (Å²) in [4.78, 5) is 11.8. The zero-order valence-electron chi connectivity index (χ0n) is 10.9. The molecule has 0 aliphatic carbocycles. The van der Waals surface area contributed by atoms with E-state index in [1.54, 1.807) is 12.1 Å². The number of carbonyl (C=O) groups excluding carboxylic acids is 1. The number of hydrogen-bond acceptors (Lipinski definition) is 3. The van der Waals surface area contributed by atoms with Crippen LogP contribution in [0.25, 0.3) is 10.8 Å². The van der Waals surface area contributed by atoms with Crippen LogP contribution >= 0.6 is 0 Å². The maximum atomic E-state index is 11.8. The quantitative estimate of drug-likeness (QED) is 0.466. The lowest BCUT2D eigenvalue weighted by Crippen LogP contribution is -2.07. The zero-order valence-corrected chi connectivity index (χ0v) is 10.9. The van der Waals surface area contributed by atoms with Crippen molar-refractivity contribution in [3.8, 4) is 5.75 Å². The van der Waals surface area contributed by atoms with Gasteiger partial charge in [0.1, 0.15) is 11.3 Å². The third kappa shape index (κ3) is 2.76. The Bertz CT molecular complexity index is 602. The second-order valence-electron chi connectivity index (χ2n) is 4.08. The lowest BCUT2D eigenvalue weighted by atomic mass is 10.1. The fourth-order valence-corrected chi connectivity index (χ4v) is 1.91. The Hall–Kier alpha value is -2.29. The summed E-state index contributed by atoms with van der Waals surface area (Å²) >= 11 is 0. The van der Waals surface area contributed by atoms with Gasteiger partial charge in [0.15, 0.2) is 0 Å². The van der Waals surface area contributed by atoms with Gasteiger partial charge in [-0.3, -0.25) is 0 Å². The topological polar surface area (TPSA) is 35.5 Å². The normalized spacial score (nSPS) is 10.2. The van der Waals surface area contributed by atoms with Crippen LogP contribution < -0.4 is 4.74 Å². The van der Waals surface area contributed by atoms with Crippen molar-refractivity contribution >= 4 is 16.7 Å². The Balaban J connectivity index is 2.51. The van der Waals surface area contributed by atoms with E-state index >= 15 is 0 Å². The van der Waals surface area contributed by atoms with Crippen LogP contribution in [0.15, 0.2) is 49.1 Å². The van der Waals surface area contributed by atoms with Crippen molar-refractivity contribution in [2.75, 3.05) is 13.7 Å². The van der Waals surface area contributed by atoms with E-state index in [9.17, 15) is 4.79 Å². The van der Waals surface area contributed by atoms with Crippen LogP contribution in [-0.2, 0) is 4.74 Å². The molecule has 0 radical (unpaired) electrons. The van der Waals surface area contributed by atoms with E-state index in [-0.39, 0.29) is 5.97 Å². The van der Waals surface area contributed by atoms with Crippen LogP contribution in [0.4, 0.5) is 0 Å². The molecule has 0 unspecified atom stereocenters. The summed E-state index contributed by atoms with van der Waals surface area (Å²) in [6.07, 6.45) is 2.51. The molecule has 0 aliphatic rings. The molecule has 0 bridgehead atoms. The van der Waals surface area contributed by atoms with Gasteiger partial charge < -0.3 is 9.47 Å². The molecule has 0 atom stereocenters. The van der Waals surface area contributed by atoms with Gasteiger partial charge in [0.25, 0.3) is 0 Å². The molecule has 3 nitrogen and oxygen atoms in total. The first-order valence-electron chi connectivity index (χ1n) is 6.11. The van der Waals surface area contributed by atoms with E-state index in [0.29, 0.717) is 17.9 Å². The van der Waals surface area contributed by atoms with Gasteiger partial charge >= 0.3 is 5.97 Å². The summed E-state index contributed by atoms with van der Waals surface area (Å²) in [6.45, 7) is 4.14. The van der Waals surface area contributed by atoms with Crippen molar-refractivity contribution in [3.05, 3.63) is 54.6 Å². The molecule has 0 amide bonds. The first kappa shape index (κ1) is 13.1. The van der Waals surface area contributed by atoms with Crippen LogP contribution in [-0.4, -0.2) is 19.7 Å². The second kappa shape index (κ2) is 6.05. The number of esters is 1. The van der Waals surface area contributed by atoms with Gasteiger partial charge in [-0.1, -0.05) is 36.4 Å². The molecule has 2 rings (SSSR count). The molecule has 0 spiro atoms. The lowest BCUT2D eigenvalue weighted by molar-refractivity contribution is 0.0596. The third-order valence-electron chi connectivity index (χ3n) is 2.85. The molecular weight excluding hydrogens is 240 g/mol. The maximum Gasteiger partial charge on any atom is 0.341 e. The van der Waals surface area contributed by atoms with Crippen molar-refractivity contribution in [1.82, 2.24) is 0 Å². The lowest BCUT2D eigenvalue weighted by Gasteiger charge is -2.12. The van der Waals surface area contributed by atoms with Crippen molar-refractivity contribution in [3.63, 3.8) is 0 Å². The van der Waals surface area contributed by atoms with Gasteiger partial charge in [-0.2, -0.15) is 0 Å². The van der Waals surface area contributed by atoms with E-state index in [4.69, 9.17) is 9.47 Å². The Morgan fingerprint density at radius 2 is 2.05 bits per heavy atom. The highest BCUT2D eigenvalue weighted by atomic mass is 16.5. The summed E-state index contributed by atoms with van der Waals surface area (Å²) < 4.78 is 10.5. The first-order chi connectivity index (χ1) is 9.27. The molecule has 0 N–H and O–H groups in total. The Labute approximate surface area is 112 Å². The molecule has 0 heterocycles. The van der Waals surface area contributed by atoms with Crippen molar-refractivity contribution in [2.45, 2.75) is 6.42 Å². The number of hydrogen-bond donors (Lipinski definition) is 0. The fourth-order valence-electron chi connectivity index (χ4n) is 1.91. The number of carbonyl (C=O) groups is 1. The van der Waals surface area contributed by atoms with Gasteiger partial charge in [0.05, 0.1) is 13.7 Å². The Kier molecular flexibility index (Phi) is 4.18. The van der Waals surface area contributed by atoms with Crippen LogP contribution in [0.5, 0.6) is 5.75 Å². The molecule has 0 fully saturated rings. The molecule has 3 heteroatoms. The van der Waals surface area contributed by atoms with Crippen LogP contribution in [0.3, 0.4) is 0 Å². The van der Waals surface area contributed by atoms with E-state index in [2.05, 4.69) is 6.58 Å². The minimum absolute atomic E-state index is 0.389. The minimum Gasteiger partial charge on any atom is -0.492 e. The highest BCUT2D eigenvalue weighted by Gasteiger charge is 2.15. The maximum absolute atomic E-state index is 11.8. The van der Waals surface area contributed by atoms with Gasteiger partial charge in [-0.15, -0.1) is 6.58 Å². The largest absolute Gasteiger partial charge is 0.492 e. The summed E-state index contributed by atoms with van der Waals surface area (Å²) in [5.74, 6) is 0.186. The van der Waals surface area contributed by atoms with Gasteiger partial charge in [-0.25, -0.2) is 4.79 Å². The smallest absolute Gasteiger partial charge is 0.341 e. The zero-order chi connectivity index (χ0) is 13.7. The predicted octanol–water partition coefficient (Wildman–Crippen LogP) is 3.58. The minimum atomic E-state index is -0.389. The number of rotatable bonds is 5. The van der Waals surface area contributed by atoms with E-state index < -0.39 is 0 Å². The fraction of sp³-hybridized carbons (Fsp3) is 0.188. The highest BCUT2D eigenvalue weighted by Crippen LogP contribution is 2.30. The predicted molar refractivity (Wildman–Crippen MR) is 75.6 cm³/mol. The Morgan fingerprint density at radius 1 is 1.26 bits per heavy atom. The Morgan fingerprint density at radius 3 is 2.79 bits per heavy atom. The van der Waals surface area contributed by atoms with E-state index in [0.717, 1.165) is 17.2 Å². The van der Waals surface area contributed by atoms with Crippen molar-refractivity contribution < 1.29 is 14.3 Å². The summed E-state index contributed by atoms with van der Waals surface area (Å²) in [6, 6.07) is 11.4. The van der Waals surface area contributed by atoms with Crippen LogP contribution in [0, 0.1) is 0 Å². The summed E-state index contributed by atoms with van der Waals surface area (Å²) in [7, 11) is 1.37. The number of fused-ring (bicyclic) bond motifs is 1. The first-order valence-corrected chi connectivity index (χ1v) is 6.11. The van der Waals surface area contributed by atoms with Crippen molar-refractivity contribution in [1.29, 1.82) is 0 Å². The van der Waals surface area contributed by atoms with Crippen LogP contribution in [0.2, 0.25) is 0 Å². The van der Waals surface area contributed by atoms with E-state index in [1.807, 2.05) is 30.3 Å². The SMILES string of the molecule is C=CCCOc1c(C(=O)OC)ccc2ccccc12. The molecule has 2 aromatic carbocycles. The monoisotopic (exact) mass is 256 g/mol. The standard InChI is InChI=1S/C16H16O3/c1-3-4-11-19-15-13-8-6-5-7-12(13)9-10-14(15)16(17)18-2/h3,5-10H,1,4,11H2,2H3. The van der Waals surface area contributed by atoms with Crippen molar-refractivity contribution in [2.24, 2.45) is 0 Å². The summed E-state index contributed by atoms with van der Waals surface area (Å²) in [5.41, 5.74) is 0.449. The molecule has 0 aromatic heterocycles. The number of ether oxygens (including phenoxy) is 2. The highest BCUT2D eigenvalue weighted by molar-refractivity contribution is 6.01. The molecule has 0 aliphatic heterocycles. The van der Waals surface area contributed by atoms with Gasteiger partial charge in [0, 0.05) is 5.39 Å². The number of benzene rings is 2. The molecule has 19 heavy (non-hydrogen) atoms. The molecule has 0 saturated carbocycles. The molecule has 2 aromatic rings. The number of methoxy groups -OCH3 is 1. The molecule has 0 saturated heterocycles.